The van der Waals surface area contributed by atoms with Crippen LogP contribution < -0.4 is 10.1 Å². The van der Waals surface area contributed by atoms with E-state index in [2.05, 4.69) is 28.5 Å². The Kier molecular flexibility index (Phi) is 4.52. The minimum Gasteiger partial charge on any atom is -0.496 e. The number of nitrogens with zero attached hydrogens (tertiary/aromatic N) is 3. The maximum atomic E-state index is 5.36. The number of aryl methyl sites for hydroxylation is 1. The minimum absolute atomic E-state index is 0.341. The molecule has 0 saturated carbocycles. The van der Waals surface area contributed by atoms with E-state index >= 15 is 0 Å². The summed E-state index contributed by atoms with van der Waals surface area (Å²) in [6, 6.07) is 8.45. The second-order valence-corrected chi connectivity index (χ2v) is 4.66. The lowest BCUT2D eigenvalue weighted by atomic mass is 10.1. The summed E-state index contributed by atoms with van der Waals surface area (Å²) in [6.07, 6.45) is 2.63. The highest BCUT2D eigenvalue weighted by Gasteiger charge is 2.08. The smallest absolute Gasteiger partial charge is 0.146 e. The van der Waals surface area contributed by atoms with Crippen LogP contribution in [0.5, 0.6) is 5.75 Å². The SMILES string of the molecule is COc1ccccc1CC(C)NCc1nncn1C. The van der Waals surface area contributed by atoms with Crippen molar-refractivity contribution in [2.24, 2.45) is 7.05 Å². The highest BCUT2D eigenvalue weighted by molar-refractivity contribution is 5.33. The van der Waals surface area contributed by atoms with Crippen molar-refractivity contribution in [1.29, 1.82) is 0 Å². The molecule has 1 aromatic carbocycles. The van der Waals surface area contributed by atoms with Crippen molar-refractivity contribution in [2.75, 3.05) is 7.11 Å². The minimum atomic E-state index is 0.341. The van der Waals surface area contributed by atoms with Crippen LogP contribution in [0.1, 0.15) is 18.3 Å². The molecule has 2 aromatic rings. The molecule has 1 unspecified atom stereocenters. The Morgan fingerprint density at radius 1 is 1.37 bits per heavy atom. The van der Waals surface area contributed by atoms with Crippen molar-refractivity contribution in [1.82, 2.24) is 20.1 Å². The Bertz CT molecular complexity index is 524. The first-order valence-corrected chi connectivity index (χ1v) is 6.39. The van der Waals surface area contributed by atoms with E-state index in [0.717, 1.165) is 18.0 Å². The molecule has 1 heterocycles. The normalized spacial score (nSPS) is 12.4. The lowest BCUT2D eigenvalue weighted by Crippen LogP contribution is -2.28. The van der Waals surface area contributed by atoms with Gasteiger partial charge in [0.2, 0.25) is 0 Å². The quantitative estimate of drug-likeness (QED) is 0.856. The molecule has 0 radical (unpaired) electrons. The molecule has 0 aliphatic carbocycles. The zero-order valence-corrected chi connectivity index (χ0v) is 11.6. The monoisotopic (exact) mass is 260 g/mol. The molecule has 5 nitrogen and oxygen atoms in total. The largest absolute Gasteiger partial charge is 0.496 e. The van der Waals surface area contributed by atoms with Crippen LogP contribution in [0.2, 0.25) is 0 Å². The predicted octanol–water partition coefficient (Wildman–Crippen LogP) is 1.54. The van der Waals surface area contributed by atoms with Gasteiger partial charge >= 0.3 is 0 Å². The number of nitrogens with one attached hydrogen (secondary N) is 1. The van der Waals surface area contributed by atoms with Crippen molar-refractivity contribution in [3.05, 3.63) is 42.0 Å². The number of rotatable bonds is 6. The van der Waals surface area contributed by atoms with E-state index in [1.807, 2.05) is 29.8 Å². The summed E-state index contributed by atoms with van der Waals surface area (Å²) in [6.45, 7) is 2.87. The topological polar surface area (TPSA) is 52.0 Å². The number of ether oxygens (including phenoxy) is 1. The molecule has 5 heteroatoms. The Morgan fingerprint density at radius 2 is 2.16 bits per heavy atom. The van der Waals surface area contributed by atoms with E-state index in [1.165, 1.54) is 5.56 Å². The van der Waals surface area contributed by atoms with Crippen LogP contribution >= 0.6 is 0 Å². The third-order valence-corrected chi connectivity index (χ3v) is 3.13. The van der Waals surface area contributed by atoms with Gasteiger partial charge in [-0.25, -0.2) is 0 Å². The summed E-state index contributed by atoms with van der Waals surface area (Å²) in [5.74, 6) is 1.88. The van der Waals surface area contributed by atoms with E-state index in [1.54, 1.807) is 13.4 Å². The van der Waals surface area contributed by atoms with Crippen LogP contribution in [0.4, 0.5) is 0 Å². The number of aromatic nitrogens is 3. The second kappa shape index (κ2) is 6.33. The maximum Gasteiger partial charge on any atom is 0.146 e. The van der Waals surface area contributed by atoms with Crippen LogP contribution in [0, 0.1) is 0 Å². The maximum absolute atomic E-state index is 5.36. The molecule has 1 aromatic heterocycles. The molecular formula is C14H20N4O. The van der Waals surface area contributed by atoms with Crippen molar-refractivity contribution < 1.29 is 4.74 Å². The number of methoxy groups -OCH3 is 1. The Labute approximate surface area is 113 Å². The third-order valence-electron chi connectivity index (χ3n) is 3.13. The van der Waals surface area contributed by atoms with Gasteiger partial charge in [-0.3, -0.25) is 0 Å². The van der Waals surface area contributed by atoms with Crippen LogP contribution in [0.3, 0.4) is 0 Å². The zero-order chi connectivity index (χ0) is 13.7. The summed E-state index contributed by atoms with van der Waals surface area (Å²) >= 11 is 0. The van der Waals surface area contributed by atoms with Crippen LogP contribution in [0.25, 0.3) is 0 Å². The fourth-order valence-corrected chi connectivity index (χ4v) is 2.01. The zero-order valence-electron chi connectivity index (χ0n) is 11.6. The number of hydrogen-bond donors (Lipinski definition) is 1. The van der Waals surface area contributed by atoms with Crippen molar-refractivity contribution in [3.63, 3.8) is 0 Å². The molecule has 0 aliphatic rings. The molecule has 0 bridgehead atoms. The highest BCUT2D eigenvalue weighted by atomic mass is 16.5. The molecule has 0 aliphatic heterocycles. The molecule has 0 amide bonds. The fraction of sp³-hybridized carbons (Fsp3) is 0.429. The molecule has 19 heavy (non-hydrogen) atoms. The Hall–Kier alpha value is -1.88. The third kappa shape index (κ3) is 3.54. The van der Waals surface area contributed by atoms with Gasteiger partial charge < -0.3 is 14.6 Å². The lowest BCUT2D eigenvalue weighted by molar-refractivity contribution is 0.405. The number of para-hydroxylation sites is 1. The molecule has 0 spiro atoms. The van der Waals surface area contributed by atoms with Gasteiger partial charge in [-0.15, -0.1) is 10.2 Å². The first-order chi connectivity index (χ1) is 9.20. The standard InChI is InChI=1S/C14H20N4O/c1-11(15-9-14-17-16-10-18(14)2)8-12-6-4-5-7-13(12)19-3/h4-7,10-11,15H,8-9H2,1-3H3. The van der Waals surface area contributed by atoms with E-state index in [-0.39, 0.29) is 0 Å². The van der Waals surface area contributed by atoms with Crippen molar-refractivity contribution in [3.8, 4) is 5.75 Å². The van der Waals surface area contributed by atoms with E-state index in [4.69, 9.17) is 4.74 Å². The van der Waals surface area contributed by atoms with Gasteiger partial charge in [0.05, 0.1) is 13.7 Å². The summed E-state index contributed by atoms with van der Waals surface area (Å²) in [5.41, 5.74) is 1.21. The average Bonchev–Trinajstić information content (AvgIpc) is 2.82. The summed E-state index contributed by atoms with van der Waals surface area (Å²) in [4.78, 5) is 0. The fourth-order valence-electron chi connectivity index (χ4n) is 2.01. The first-order valence-electron chi connectivity index (χ1n) is 6.39. The number of benzene rings is 1. The summed E-state index contributed by atoms with van der Waals surface area (Å²) in [7, 11) is 3.65. The van der Waals surface area contributed by atoms with Gasteiger partial charge in [0.25, 0.3) is 0 Å². The van der Waals surface area contributed by atoms with E-state index in [9.17, 15) is 0 Å². The van der Waals surface area contributed by atoms with Crippen LogP contribution in [-0.4, -0.2) is 27.9 Å². The molecular weight excluding hydrogens is 240 g/mol. The molecule has 1 N–H and O–H groups in total. The van der Waals surface area contributed by atoms with E-state index in [0.29, 0.717) is 12.6 Å². The summed E-state index contributed by atoms with van der Waals surface area (Å²) < 4.78 is 7.28. The second-order valence-electron chi connectivity index (χ2n) is 4.66. The Morgan fingerprint density at radius 3 is 2.84 bits per heavy atom. The first kappa shape index (κ1) is 13.5. The van der Waals surface area contributed by atoms with Gasteiger partial charge in [-0.2, -0.15) is 0 Å². The van der Waals surface area contributed by atoms with E-state index < -0.39 is 0 Å². The molecule has 0 saturated heterocycles. The van der Waals surface area contributed by atoms with Crippen molar-refractivity contribution in [2.45, 2.75) is 25.9 Å². The lowest BCUT2D eigenvalue weighted by Gasteiger charge is -2.15. The van der Waals surface area contributed by atoms with Crippen LogP contribution in [0.15, 0.2) is 30.6 Å². The Balaban J connectivity index is 1.90. The molecule has 1 atom stereocenters. The average molecular weight is 260 g/mol. The van der Waals surface area contributed by atoms with Gasteiger partial charge in [-0.1, -0.05) is 18.2 Å². The highest BCUT2D eigenvalue weighted by Crippen LogP contribution is 2.18. The van der Waals surface area contributed by atoms with Crippen molar-refractivity contribution >= 4 is 0 Å². The summed E-state index contributed by atoms with van der Waals surface area (Å²) in [5, 5.41) is 11.4. The predicted molar refractivity (Wildman–Crippen MR) is 74.0 cm³/mol. The molecule has 0 fully saturated rings. The van der Waals surface area contributed by atoms with Crippen LogP contribution in [-0.2, 0) is 20.0 Å². The molecule has 102 valence electrons. The van der Waals surface area contributed by atoms with Gasteiger partial charge in [0, 0.05) is 13.1 Å². The van der Waals surface area contributed by atoms with Gasteiger partial charge in [0.1, 0.15) is 17.9 Å². The van der Waals surface area contributed by atoms with Gasteiger partial charge in [0.15, 0.2) is 0 Å². The molecule has 2 rings (SSSR count). The number of hydrogen-bond acceptors (Lipinski definition) is 4. The van der Waals surface area contributed by atoms with Gasteiger partial charge in [-0.05, 0) is 25.0 Å².